The zero-order chi connectivity index (χ0) is 13.2. The van der Waals surface area contributed by atoms with Crippen molar-refractivity contribution in [3.05, 3.63) is 0 Å². The van der Waals surface area contributed by atoms with Gasteiger partial charge in [-0.1, -0.05) is 25.6 Å². The third-order valence-electron chi connectivity index (χ3n) is 3.32. The van der Waals surface area contributed by atoms with Crippen LogP contribution in [0.2, 0.25) is 0 Å². The van der Waals surface area contributed by atoms with E-state index in [0.717, 1.165) is 17.3 Å². The second-order valence-electron chi connectivity index (χ2n) is 5.70. The summed E-state index contributed by atoms with van der Waals surface area (Å²) in [5.41, 5.74) is 0. The zero-order valence-electron chi connectivity index (χ0n) is 11.1. The molecule has 2 aliphatic rings. The number of hydrogen-bond donors (Lipinski definition) is 1. The number of nitrogens with zero attached hydrogens (tertiary/aromatic N) is 1. The molecule has 0 bridgehead atoms. The molecule has 2 aliphatic heterocycles. The van der Waals surface area contributed by atoms with Gasteiger partial charge in [0.15, 0.2) is 15.0 Å². The number of thioether (sulfide) groups is 1. The third-order valence-corrected chi connectivity index (χ3v) is 6.25. The van der Waals surface area contributed by atoms with E-state index < -0.39 is 9.84 Å². The minimum absolute atomic E-state index is 0.231. The second-order valence-corrected chi connectivity index (χ2v) is 8.93. The van der Waals surface area contributed by atoms with Crippen molar-refractivity contribution in [2.24, 2.45) is 16.8 Å². The number of aliphatic imine (C=N–C) groups is 1. The first-order chi connectivity index (χ1) is 8.44. The Bertz CT molecular complexity index is 418. The smallest absolute Gasteiger partial charge is 0.156 e. The molecule has 2 unspecified atom stereocenters. The Kier molecular flexibility index (Phi) is 4.59. The Balaban J connectivity index is 1.78. The van der Waals surface area contributed by atoms with Crippen molar-refractivity contribution >= 4 is 26.8 Å². The first kappa shape index (κ1) is 14.2. The highest BCUT2D eigenvalue weighted by molar-refractivity contribution is 8.14. The van der Waals surface area contributed by atoms with Crippen molar-refractivity contribution in [2.75, 3.05) is 23.8 Å². The van der Waals surface area contributed by atoms with Crippen molar-refractivity contribution < 1.29 is 8.42 Å². The normalized spacial score (nSPS) is 33.2. The fourth-order valence-corrected chi connectivity index (χ4v) is 5.30. The molecule has 0 amide bonds. The number of sulfone groups is 1. The summed E-state index contributed by atoms with van der Waals surface area (Å²) in [6.07, 6.45) is 1.95. The SMILES string of the molecule is CC(C)CC1CSC(=NCC2CCS(=O)(=O)C2)N1. The predicted molar refractivity (Wildman–Crippen MR) is 77.9 cm³/mol. The van der Waals surface area contributed by atoms with E-state index >= 15 is 0 Å². The van der Waals surface area contributed by atoms with Gasteiger partial charge in [-0.05, 0) is 24.7 Å². The number of hydrogen-bond acceptors (Lipinski definition) is 4. The molecular weight excluding hydrogens is 268 g/mol. The monoisotopic (exact) mass is 290 g/mol. The molecule has 4 nitrogen and oxygen atoms in total. The van der Waals surface area contributed by atoms with Gasteiger partial charge in [-0.15, -0.1) is 0 Å². The Morgan fingerprint density at radius 3 is 2.89 bits per heavy atom. The summed E-state index contributed by atoms with van der Waals surface area (Å²) in [5.74, 6) is 2.68. The number of amidine groups is 1. The van der Waals surface area contributed by atoms with Crippen LogP contribution in [0.15, 0.2) is 4.99 Å². The van der Waals surface area contributed by atoms with Crippen LogP contribution in [-0.2, 0) is 9.84 Å². The molecule has 2 atom stereocenters. The fourth-order valence-electron chi connectivity index (χ4n) is 2.45. The highest BCUT2D eigenvalue weighted by Gasteiger charge is 2.28. The Morgan fingerprint density at radius 1 is 1.50 bits per heavy atom. The molecule has 1 N–H and O–H groups in total. The van der Waals surface area contributed by atoms with E-state index in [1.807, 2.05) is 0 Å². The highest BCUT2D eigenvalue weighted by atomic mass is 32.2. The standard InChI is InChI=1S/C12H22N2O2S2/c1-9(2)5-11-7-17-12(14-11)13-6-10-3-4-18(15,16)8-10/h9-11H,3-8H2,1-2H3,(H,13,14). The van der Waals surface area contributed by atoms with Gasteiger partial charge >= 0.3 is 0 Å². The molecule has 0 aromatic carbocycles. The lowest BCUT2D eigenvalue weighted by Gasteiger charge is -2.12. The van der Waals surface area contributed by atoms with E-state index in [1.165, 1.54) is 6.42 Å². The molecule has 0 radical (unpaired) electrons. The minimum atomic E-state index is -2.76. The highest BCUT2D eigenvalue weighted by Crippen LogP contribution is 2.22. The summed E-state index contributed by atoms with van der Waals surface area (Å²) in [6.45, 7) is 5.11. The predicted octanol–water partition coefficient (Wildman–Crippen LogP) is 1.53. The quantitative estimate of drug-likeness (QED) is 0.853. The van der Waals surface area contributed by atoms with Crippen LogP contribution in [0.3, 0.4) is 0 Å². The molecule has 6 heteroatoms. The summed E-state index contributed by atoms with van der Waals surface area (Å²) >= 11 is 1.77. The van der Waals surface area contributed by atoms with Gasteiger partial charge in [0, 0.05) is 18.3 Å². The molecule has 2 heterocycles. The van der Waals surface area contributed by atoms with Crippen LogP contribution >= 0.6 is 11.8 Å². The van der Waals surface area contributed by atoms with E-state index in [1.54, 1.807) is 11.8 Å². The van der Waals surface area contributed by atoms with Crippen molar-refractivity contribution in [1.29, 1.82) is 0 Å². The molecule has 0 spiro atoms. The molecule has 0 aliphatic carbocycles. The van der Waals surface area contributed by atoms with Crippen molar-refractivity contribution in [3.63, 3.8) is 0 Å². The lowest BCUT2D eigenvalue weighted by atomic mass is 10.1. The van der Waals surface area contributed by atoms with Crippen molar-refractivity contribution in [1.82, 2.24) is 5.32 Å². The molecule has 18 heavy (non-hydrogen) atoms. The zero-order valence-corrected chi connectivity index (χ0v) is 12.7. The topological polar surface area (TPSA) is 58.5 Å². The molecule has 2 fully saturated rings. The number of nitrogens with one attached hydrogen (secondary N) is 1. The lowest BCUT2D eigenvalue weighted by Crippen LogP contribution is -2.28. The van der Waals surface area contributed by atoms with Gasteiger partial charge in [0.25, 0.3) is 0 Å². The molecular formula is C12H22N2O2S2. The first-order valence-electron chi connectivity index (χ1n) is 6.59. The fraction of sp³-hybridized carbons (Fsp3) is 0.917. The molecule has 2 saturated heterocycles. The maximum atomic E-state index is 11.3. The maximum Gasteiger partial charge on any atom is 0.156 e. The summed E-state index contributed by atoms with van der Waals surface area (Å²) in [4.78, 5) is 4.53. The average Bonchev–Trinajstić information content (AvgIpc) is 2.81. The van der Waals surface area contributed by atoms with Crippen LogP contribution in [0.1, 0.15) is 26.7 Å². The van der Waals surface area contributed by atoms with Crippen molar-refractivity contribution in [2.45, 2.75) is 32.7 Å². The van der Waals surface area contributed by atoms with Gasteiger partial charge in [0.2, 0.25) is 0 Å². The van der Waals surface area contributed by atoms with E-state index in [2.05, 4.69) is 24.2 Å². The van der Waals surface area contributed by atoms with Gasteiger partial charge in [-0.25, -0.2) is 8.42 Å². The minimum Gasteiger partial charge on any atom is -0.361 e. The van der Waals surface area contributed by atoms with Crippen molar-refractivity contribution in [3.8, 4) is 0 Å². The van der Waals surface area contributed by atoms with E-state index in [0.29, 0.717) is 30.0 Å². The van der Waals surface area contributed by atoms with E-state index in [4.69, 9.17) is 0 Å². The van der Waals surface area contributed by atoms with Gasteiger partial charge in [-0.2, -0.15) is 0 Å². The molecule has 0 aromatic rings. The number of rotatable bonds is 4. The van der Waals surface area contributed by atoms with Crippen LogP contribution < -0.4 is 5.32 Å². The Labute approximate surface area is 114 Å². The molecule has 2 rings (SSSR count). The maximum absolute atomic E-state index is 11.3. The molecule has 0 aromatic heterocycles. The van der Waals surface area contributed by atoms with Crippen LogP contribution in [0.5, 0.6) is 0 Å². The van der Waals surface area contributed by atoms with Crippen LogP contribution in [-0.4, -0.2) is 43.4 Å². The molecule has 0 saturated carbocycles. The largest absolute Gasteiger partial charge is 0.361 e. The second kappa shape index (κ2) is 5.82. The average molecular weight is 290 g/mol. The van der Waals surface area contributed by atoms with Gasteiger partial charge in [-0.3, -0.25) is 4.99 Å². The Morgan fingerprint density at radius 2 is 2.28 bits per heavy atom. The lowest BCUT2D eigenvalue weighted by molar-refractivity contribution is 0.501. The van der Waals surface area contributed by atoms with Gasteiger partial charge < -0.3 is 5.32 Å². The van der Waals surface area contributed by atoms with Gasteiger partial charge in [0.1, 0.15) is 0 Å². The van der Waals surface area contributed by atoms with E-state index in [9.17, 15) is 8.42 Å². The van der Waals surface area contributed by atoms with Gasteiger partial charge in [0.05, 0.1) is 11.5 Å². The first-order valence-corrected chi connectivity index (χ1v) is 9.39. The van der Waals surface area contributed by atoms with Crippen LogP contribution in [0, 0.1) is 11.8 Å². The summed E-state index contributed by atoms with van der Waals surface area (Å²) in [5, 5.41) is 4.44. The summed E-state index contributed by atoms with van der Waals surface area (Å²) < 4.78 is 22.7. The summed E-state index contributed by atoms with van der Waals surface area (Å²) in [6, 6.07) is 0.529. The third kappa shape index (κ3) is 4.16. The summed E-state index contributed by atoms with van der Waals surface area (Å²) in [7, 11) is -2.76. The van der Waals surface area contributed by atoms with Crippen LogP contribution in [0.25, 0.3) is 0 Å². The van der Waals surface area contributed by atoms with E-state index in [-0.39, 0.29) is 5.92 Å². The van der Waals surface area contributed by atoms with Crippen LogP contribution in [0.4, 0.5) is 0 Å². The Hall–Kier alpha value is -0.230. The molecule has 104 valence electrons.